The van der Waals surface area contributed by atoms with Gasteiger partial charge in [0.25, 0.3) is 0 Å². The molecule has 0 aliphatic carbocycles. The number of hydrogen-bond donors (Lipinski definition) is 2. The summed E-state index contributed by atoms with van der Waals surface area (Å²) in [6, 6.07) is 17.6. The molecular weight excluding hydrogens is 488 g/mol. The van der Waals surface area contributed by atoms with Crippen LogP contribution in [-0.4, -0.2) is 48.5 Å². The standard InChI is InChI=1S/C27H27ClN8O/c28-27-33-25(35-13-7-2-8-14-35)23-26(34-27)36(17-29-23)16-22(37)30-21(15-18-9-3-1-4-10-18)24-31-19-11-5-6-12-20(19)32-24/h1,3-6,9-12,17,21H,2,7-8,13-16H2,(H,30,37)(H,31,32)/t21-/m0/s1. The summed E-state index contributed by atoms with van der Waals surface area (Å²) >= 11 is 6.30. The molecule has 9 nitrogen and oxygen atoms in total. The first-order valence-electron chi connectivity index (χ1n) is 12.6. The zero-order valence-corrected chi connectivity index (χ0v) is 21.0. The topological polar surface area (TPSA) is 105 Å². The first-order valence-corrected chi connectivity index (χ1v) is 12.9. The molecule has 5 aromatic rings. The maximum Gasteiger partial charge on any atom is 0.240 e. The molecule has 1 fully saturated rings. The van der Waals surface area contributed by atoms with Crippen LogP contribution in [0.25, 0.3) is 22.2 Å². The molecule has 188 valence electrons. The molecule has 0 unspecified atom stereocenters. The van der Waals surface area contributed by atoms with Crippen molar-refractivity contribution in [3.8, 4) is 0 Å². The molecule has 2 aromatic carbocycles. The number of anilines is 1. The first kappa shape index (κ1) is 23.4. The third-order valence-electron chi connectivity index (χ3n) is 6.74. The lowest BCUT2D eigenvalue weighted by atomic mass is 10.1. The maximum atomic E-state index is 13.3. The number of rotatable bonds is 7. The van der Waals surface area contributed by atoms with Gasteiger partial charge in [-0.25, -0.2) is 9.97 Å². The number of aromatic nitrogens is 6. The smallest absolute Gasteiger partial charge is 0.240 e. The maximum absolute atomic E-state index is 13.3. The lowest BCUT2D eigenvalue weighted by Gasteiger charge is -2.27. The van der Waals surface area contributed by atoms with Gasteiger partial charge in [0.2, 0.25) is 11.2 Å². The number of H-pyrrole nitrogens is 1. The van der Waals surface area contributed by atoms with E-state index in [0.29, 0.717) is 23.4 Å². The van der Waals surface area contributed by atoms with Crippen LogP contribution in [0.4, 0.5) is 5.82 Å². The molecule has 1 aliphatic rings. The third kappa shape index (κ3) is 4.99. The Kier molecular flexibility index (Phi) is 6.44. The summed E-state index contributed by atoms with van der Waals surface area (Å²) in [6.07, 6.45) is 5.66. The van der Waals surface area contributed by atoms with E-state index in [1.807, 2.05) is 54.6 Å². The highest BCUT2D eigenvalue weighted by atomic mass is 35.5. The van der Waals surface area contributed by atoms with Crippen molar-refractivity contribution in [2.24, 2.45) is 0 Å². The zero-order valence-electron chi connectivity index (χ0n) is 20.3. The summed E-state index contributed by atoms with van der Waals surface area (Å²) in [5, 5.41) is 3.32. The summed E-state index contributed by atoms with van der Waals surface area (Å²) in [6.45, 7) is 1.87. The van der Waals surface area contributed by atoms with E-state index in [1.165, 1.54) is 6.42 Å². The lowest BCUT2D eigenvalue weighted by molar-refractivity contribution is -0.122. The minimum absolute atomic E-state index is 0.0504. The van der Waals surface area contributed by atoms with Crippen LogP contribution in [0.15, 0.2) is 60.9 Å². The van der Waals surface area contributed by atoms with Gasteiger partial charge in [-0.2, -0.15) is 9.97 Å². The first-order chi connectivity index (χ1) is 18.1. The van der Waals surface area contributed by atoms with Gasteiger partial charge >= 0.3 is 0 Å². The Balaban J connectivity index is 1.26. The largest absolute Gasteiger partial charge is 0.355 e. The van der Waals surface area contributed by atoms with Gasteiger partial charge in [-0.1, -0.05) is 42.5 Å². The number of fused-ring (bicyclic) bond motifs is 2. The van der Waals surface area contributed by atoms with Gasteiger partial charge < -0.3 is 19.8 Å². The SMILES string of the molecule is O=C(Cn1cnc2c(N3CCCCC3)nc(Cl)nc21)N[C@@H](Cc1ccccc1)c1nc2ccccc2[nH]1. The summed E-state index contributed by atoms with van der Waals surface area (Å²) in [4.78, 5) is 37.1. The Bertz CT molecular complexity index is 1510. The molecule has 0 spiro atoms. The van der Waals surface area contributed by atoms with Crippen molar-refractivity contribution in [2.75, 3.05) is 18.0 Å². The zero-order chi connectivity index (χ0) is 25.2. The average molecular weight is 515 g/mol. The van der Waals surface area contributed by atoms with Crippen LogP contribution in [0.3, 0.4) is 0 Å². The summed E-state index contributed by atoms with van der Waals surface area (Å²) in [5.74, 6) is 1.28. The van der Waals surface area contributed by atoms with Gasteiger partial charge in [0.05, 0.1) is 23.4 Å². The van der Waals surface area contributed by atoms with E-state index in [-0.39, 0.29) is 23.8 Å². The molecule has 1 aliphatic heterocycles. The normalized spacial score (nSPS) is 14.8. The summed E-state index contributed by atoms with van der Waals surface area (Å²) in [7, 11) is 0. The van der Waals surface area contributed by atoms with E-state index >= 15 is 0 Å². The molecule has 10 heteroatoms. The Morgan fingerprint density at radius 1 is 1.00 bits per heavy atom. The molecular formula is C27H27ClN8O. The van der Waals surface area contributed by atoms with Crippen LogP contribution in [0.1, 0.15) is 36.7 Å². The van der Waals surface area contributed by atoms with Crippen LogP contribution in [-0.2, 0) is 17.8 Å². The van der Waals surface area contributed by atoms with Crippen molar-refractivity contribution in [3.63, 3.8) is 0 Å². The predicted octanol–water partition coefficient (Wildman–Crippen LogP) is 4.45. The van der Waals surface area contributed by atoms with Crippen molar-refractivity contribution in [1.29, 1.82) is 0 Å². The van der Waals surface area contributed by atoms with Gasteiger partial charge in [0.1, 0.15) is 12.4 Å². The molecule has 6 rings (SSSR count). The number of benzene rings is 2. The van der Waals surface area contributed by atoms with E-state index in [0.717, 1.165) is 48.3 Å². The minimum Gasteiger partial charge on any atom is -0.355 e. The second-order valence-corrected chi connectivity index (χ2v) is 9.70. The number of carbonyl (C=O) groups excluding carboxylic acids is 1. The molecule has 0 radical (unpaired) electrons. The highest BCUT2D eigenvalue weighted by Gasteiger charge is 2.23. The Labute approximate surface area is 218 Å². The fourth-order valence-corrected chi connectivity index (χ4v) is 5.10. The number of amides is 1. The second kappa shape index (κ2) is 10.2. The monoisotopic (exact) mass is 514 g/mol. The molecule has 37 heavy (non-hydrogen) atoms. The number of nitrogens with zero attached hydrogens (tertiary/aromatic N) is 6. The van der Waals surface area contributed by atoms with Crippen LogP contribution >= 0.6 is 11.6 Å². The van der Waals surface area contributed by atoms with Crippen molar-refractivity contribution in [3.05, 3.63) is 77.6 Å². The molecule has 1 atom stereocenters. The Morgan fingerprint density at radius 3 is 2.59 bits per heavy atom. The second-order valence-electron chi connectivity index (χ2n) is 9.36. The van der Waals surface area contributed by atoms with Crippen molar-refractivity contribution < 1.29 is 4.79 Å². The number of aromatic amines is 1. The highest BCUT2D eigenvalue weighted by Crippen LogP contribution is 2.27. The molecule has 1 amide bonds. The fraction of sp³-hybridized carbons (Fsp3) is 0.296. The predicted molar refractivity (Wildman–Crippen MR) is 144 cm³/mol. The van der Waals surface area contributed by atoms with Crippen molar-refractivity contribution in [1.82, 2.24) is 34.8 Å². The Hall–Kier alpha value is -3.98. The van der Waals surface area contributed by atoms with E-state index in [4.69, 9.17) is 16.6 Å². The number of para-hydroxylation sites is 2. The van der Waals surface area contributed by atoms with Gasteiger partial charge in [-0.3, -0.25) is 4.79 Å². The number of halogens is 1. The molecule has 0 saturated carbocycles. The van der Waals surface area contributed by atoms with Crippen LogP contribution < -0.4 is 10.2 Å². The van der Waals surface area contributed by atoms with Crippen molar-refractivity contribution >= 4 is 45.5 Å². The molecule has 3 aromatic heterocycles. The molecule has 2 N–H and O–H groups in total. The summed E-state index contributed by atoms with van der Waals surface area (Å²) in [5.41, 5.74) is 4.12. The van der Waals surface area contributed by atoms with Gasteiger partial charge in [-0.15, -0.1) is 0 Å². The van der Waals surface area contributed by atoms with Gasteiger partial charge in [0, 0.05) is 13.1 Å². The van der Waals surface area contributed by atoms with Crippen LogP contribution in [0.5, 0.6) is 0 Å². The quantitative estimate of drug-likeness (QED) is 0.311. The van der Waals surface area contributed by atoms with E-state index in [2.05, 4.69) is 30.2 Å². The van der Waals surface area contributed by atoms with E-state index in [9.17, 15) is 4.79 Å². The lowest BCUT2D eigenvalue weighted by Crippen LogP contribution is -2.33. The fourth-order valence-electron chi connectivity index (χ4n) is 4.94. The van der Waals surface area contributed by atoms with Crippen LogP contribution in [0.2, 0.25) is 5.28 Å². The Morgan fingerprint density at radius 2 is 1.78 bits per heavy atom. The highest BCUT2D eigenvalue weighted by molar-refractivity contribution is 6.28. The minimum atomic E-state index is -0.334. The number of nitrogens with one attached hydrogen (secondary N) is 2. The summed E-state index contributed by atoms with van der Waals surface area (Å²) < 4.78 is 1.73. The van der Waals surface area contributed by atoms with Crippen molar-refractivity contribution in [2.45, 2.75) is 38.3 Å². The number of carbonyl (C=O) groups is 1. The third-order valence-corrected chi connectivity index (χ3v) is 6.91. The van der Waals surface area contributed by atoms with E-state index in [1.54, 1.807) is 10.9 Å². The average Bonchev–Trinajstić information content (AvgIpc) is 3.53. The number of imidazole rings is 2. The van der Waals surface area contributed by atoms with E-state index < -0.39 is 0 Å². The number of hydrogen-bond acceptors (Lipinski definition) is 6. The number of piperidine rings is 1. The molecule has 0 bridgehead atoms. The van der Waals surface area contributed by atoms with Crippen LogP contribution in [0, 0.1) is 0 Å². The van der Waals surface area contributed by atoms with Gasteiger partial charge in [0.15, 0.2) is 17.0 Å². The molecule has 1 saturated heterocycles. The van der Waals surface area contributed by atoms with Gasteiger partial charge in [-0.05, 0) is 55.0 Å². The molecule has 4 heterocycles.